The summed E-state index contributed by atoms with van der Waals surface area (Å²) < 4.78 is 31.5. The summed E-state index contributed by atoms with van der Waals surface area (Å²) in [7, 11) is 0. The van der Waals surface area contributed by atoms with Crippen molar-refractivity contribution in [2.24, 2.45) is 5.92 Å². The molecule has 1 fully saturated rings. The summed E-state index contributed by atoms with van der Waals surface area (Å²) in [6.07, 6.45) is 13.0. The van der Waals surface area contributed by atoms with Crippen molar-refractivity contribution in [2.45, 2.75) is 59.5 Å². The van der Waals surface area contributed by atoms with Crippen LogP contribution in [-0.4, -0.2) is 58.9 Å². The maximum Gasteiger partial charge on any atom is 0.387 e. The number of aromatic nitrogens is 2. The summed E-state index contributed by atoms with van der Waals surface area (Å²) in [5.41, 5.74) is 7.06. The zero-order chi connectivity index (χ0) is 34.5. The molecule has 4 rings (SSSR count). The number of hydrogen-bond donors (Lipinski definition) is 2. The minimum atomic E-state index is -2.90. The molecule has 3 aromatic rings. The molecule has 0 radical (unpaired) electrons. The van der Waals surface area contributed by atoms with Crippen LogP contribution in [0.4, 0.5) is 14.5 Å². The summed E-state index contributed by atoms with van der Waals surface area (Å²) in [5.74, 6) is 0.723. The van der Waals surface area contributed by atoms with Crippen LogP contribution >= 0.6 is 0 Å². The van der Waals surface area contributed by atoms with Gasteiger partial charge < -0.3 is 20.3 Å². The first-order chi connectivity index (χ1) is 23.2. The Labute approximate surface area is 281 Å². The quantitative estimate of drug-likeness (QED) is 0.0980. The third-order valence-electron chi connectivity index (χ3n) is 8.22. The van der Waals surface area contributed by atoms with E-state index in [4.69, 9.17) is 0 Å². The monoisotopic (exact) mass is 657 g/mol. The van der Waals surface area contributed by atoms with Crippen LogP contribution in [0, 0.1) is 12.8 Å². The second kappa shape index (κ2) is 17.9. The zero-order valence-electron chi connectivity index (χ0n) is 28.0. The van der Waals surface area contributed by atoms with Gasteiger partial charge in [-0.05, 0) is 100 Å². The highest BCUT2D eigenvalue weighted by Gasteiger charge is 2.24. The molecule has 1 saturated heterocycles. The normalized spacial score (nSPS) is 14.2. The second-order valence-corrected chi connectivity index (χ2v) is 11.7. The fourth-order valence-corrected chi connectivity index (χ4v) is 5.85. The van der Waals surface area contributed by atoms with E-state index in [1.54, 1.807) is 30.5 Å². The number of rotatable bonds is 15. The number of ketones is 1. The first-order valence-electron chi connectivity index (χ1n) is 16.5. The standard InChI is InChI=1S/C38H45F2N5O3/c1-5-11-29(37(47)44-23-10-20-41-21-24-44)12-8-9-13-35(46)32-19-16-30(25-27(32)4)43-33(7-3)36-42-26-34(45(36)22-6-2)28-14-17-31(18-15-28)48-38(39)40/h6,9,13-19,22,25-26,29,38,41,43H,3,5,8,10-12,20-21,23-24H2,1-2,4H3/b13-9+,22-6-. The molecule has 8 nitrogen and oxygen atoms in total. The smallest absolute Gasteiger partial charge is 0.387 e. The van der Waals surface area contributed by atoms with Crippen molar-refractivity contribution in [2.75, 3.05) is 31.5 Å². The van der Waals surface area contributed by atoms with Gasteiger partial charge >= 0.3 is 6.61 Å². The molecule has 1 aliphatic rings. The number of aryl methyl sites for hydroxylation is 1. The molecule has 2 heterocycles. The SMILES string of the molecule is C=C=C(Nc1ccc(C(=O)/C=C/CCC(CCC)C(=O)N2CCCNCC2)c(C)c1)c1ncc(-c2ccc(OC(F)F)cc2)n1/C=C\C. The average molecular weight is 658 g/mol. The third-order valence-corrected chi connectivity index (χ3v) is 8.22. The Morgan fingerprint density at radius 1 is 1.15 bits per heavy atom. The molecule has 1 amide bonds. The van der Waals surface area contributed by atoms with Gasteiger partial charge in [-0.2, -0.15) is 8.78 Å². The molecule has 1 atom stereocenters. The van der Waals surface area contributed by atoms with Crippen LogP contribution in [0.1, 0.15) is 67.7 Å². The number of amides is 1. The van der Waals surface area contributed by atoms with E-state index in [0.29, 0.717) is 23.5 Å². The summed E-state index contributed by atoms with van der Waals surface area (Å²) >= 11 is 0. The fraction of sp³-hybridized carbons (Fsp3) is 0.368. The van der Waals surface area contributed by atoms with E-state index < -0.39 is 6.61 Å². The Kier molecular flexibility index (Phi) is 13.5. The van der Waals surface area contributed by atoms with Gasteiger partial charge in [-0.1, -0.05) is 37.8 Å². The fourth-order valence-electron chi connectivity index (χ4n) is 5.85. The van der Waals surface area contributed by atoms with E-state index in [1.807, 2.05) is 53.8 Å². The van der Waals surface area contributed by atoms with Gasteiger partial charge in [-0.3, -0.25) is 14.2 Å². The van der Waals surface area contributed by atoms with E-state index in [1.165, 1.54) is 12.1 Å². The van der Waals surface area contributed by atoms with Crippen LogP contribution in [0.3, 0.4) is 0 Å². The number of halogens is 2. The van der Waals surface area contributed by atoms with Crippen LogP contribution in [-0.2, 0) is 4.79 Å². The Morgan fingerprint density at radius 3 is 2.62 bits per heavy atom. The Morgan fingerprint density at radius 2 is 1.94 bits per heavy atom. The van der Waals surface area contributed by atoms with Crippen LogP contribution in [0.25, 0.3) is 23.2 Å². The number of anilines is 1. The maximum atomic E-state index is 13.2. The number of carbonyl (C=O) groups is 2. The minimum Gasteiger partial charge on any atom is -0.435 e. The molecule has 1 aliphatic heterocycles. The van der Waals surface area contributed by atoms with E-state index in [-0.39, 0.29) is 23.4 Å². The lowest BCUT2D eigenvalue weighted by Crippen LogP contribution is -2.38. The van der Waals surface area contributed by atoms with Crippen molar-refractivity contribution in [3.63, 3.8) is 0 Å². The summed E-state index contributed by atoms with van der Waals surface area (Å²) in [5, 5.41) is 6.67. The minimum absolute atomic E-state index is 0.0281. The largest absolute Gasteiger partial charge is 0.435 e. The van der Waals surface area contributed by atoms with E-state index in [9.17, 15) is 18.4 Å². The van der Waals surface area contributed by atoms with Gasteiger partial charge in [0.25, 0.3) is 0 Å². The van der Waals surface area contributed by atoms with Crippen molar-refractivity contribution in [3.8, 4) is 17.0 Å². The molecular formula is C38H45F2N5O3. The molecule has 254 valence electrons. The third kappa shape index (κ3) is 9.62. The van der Waals surface area contributed by atoms with Gasteiger partial charge in [0.15, 0.2) is 11.6 Å². The Balaban J connectivity index is 1.41. The molecule has 2 aromatic carbocycles. The number of nitrogens with zero attached hydrogens (tertiary/aromatic N) is 3. The van der Waals surface area contributed by atoms with Crippen LogP contribution in [0.15, 0.2) is 79.2 Å². The van der Waals surface area contributed by atoms with Crippen molar-refractivity contribution in [3.05, 3.63) is 96.2 Å². The van der Waals surface area contributed by atoms with Crippen molar-refractivity contribution >= 4 is 29.3 Å². The molecule has 0 saturated carbocycles. The highest BCUT2D eigenvalue weighted by Crippen LogP contribution is 2.28. The van der Waals surface area contributed by atoms with Crippen LogP contribution in [0.2, 0.25) is 0 Å². The number of allylic oxidation sites excluding steroid dienone is 3. The Hall–Kier alpha value is -4.79. The molecule has 48 heavy (non-hydrogen) atoms. The van der Waals surface area contributed by atoms with Crippen LogP contribution < -0.4 is 15.4 Å². The van der Waals surface area contributed by atoms with Gasteiger partial charge in [0.05, 0.1) is 11.9 Å². The van der Waals surface area contributed by atoms with Crippen molar-refractivity contribution in [1.29, 1.82) is 0 Å². The number of imidazole rings is 1. The highest BCUT2D eigenvalue weighted by atomic mass is 19.3. The molecule has 10 heteroatoms. The Bertz CT molecular complexity index is 1650. The predicted octanol–water partition coefficient (Wildman–Crippen LogP) is 7.95. The maximum absolute atomic E-state index is 13.2. The number of benzene rings is 2. The first kappa shape index (κ1) is 36.1. The summed E-state index contributed by atoms with van der Waals surface area (Å²) in [6, 6.07) is 11.8. The average Bonchev–Trinajstić information content (AvgIpc) is 3.28. The van der Waals surface area contributed by atoms with Gasteiger partial charge in [-0.25, -0.2) is 4.98 Å². The lowest BCUT2D eigenvalue weighted by molar-refractivity contribution is -0.135. The number of hydrogen-bond acceptors (Lipinski definition) is 6. The van der Waals surface area contributed by atoms with E-state index >= 15 is 0 Å². The lowest BCUT2D eigenvalue weighted by Gasteiger charge is -2.25. The first-order valence-corrected chi connectivity index (χ1v) is 16.5. The topological polar surface area (TPSA) is 88.5 Å². The molecule has 1 unspecified atom stereocenters. The molecule has 0 aliphatic carbocycles. The van der Waals surface area contributed by atoms with Crippen molar-refractivity contribution in [1.82, 2.24) is 19.8 Å². The predicted molar refractivity (Wildman–Crippen MR) is 188 cm³/mol. The molecule has 1 aromatic heterocycles. The molecule has 2 N–H and O–H groups in total. The molecular weight excluding hydrogens is 612 g/mol. The van der Waals surface area contributed by atoms with Gasteiger partial charge in [0, 0.05) is 48.6 Å². The van der Waals surface area contributed by atoms with Gasteiger partial charge in [0.1, 0.15) is 11.4 Å². The van der Waals surface area contributed by atoms with Gasteiger partial charge in [-0.15, -0.1) is 0 Å². The summed E-state index contributed by atoms with van der Waals surface area (Å²) in [4.78, 5) is 32.9. The lowest BCUT2D eigenvalue weighted by atomic mass is 9.95. The molecule has 0 bridgehead atoms. The number of nitrogens with one attached hydrogen (secondary N) is 2. The second-order valence-electron chi connectivity index (χ2n) is 11.7. The van der Waals surface area contributed by atoms with E-state index in [0.717, 1.165) is 74.4 Å². The number of carbonyl (C=O) groups excluding carboxylic acids is 2. The molecule has 0 spiro atoms. The van der Waals surface area contributed by atoms with Crippen LogP contribution in [0.5, 0.6) is 5.75 Å². The number of ether oxygens (including phenoxy) is 1. The van der Waals surface area contributed by atoms with E-state index in [2.05, 4.69) is 39.6 Å². The highest BCUT2D eigenvalue weighted by molar-refractivity contribution is 6.05. The van der Waals surface area contributed by atoms with Crippen molar-refractivity contribution < 1.29 is 23.1 Å². The van der Waals surface area contributed by atoms with Gasteiger partial charge in [0.2, 0.25) is 5.91 Å². The summed E-state index contributed by atoms with van der Waals surface area (Å²) in [6.45, 7) is 10.1. The zero-order valence-corrected chi connectivity index (χ0v) is 28.0. The number of alkyl halides is 2.